The lowest BCUT2D eigenvalue weighted by atomic mass is 10.1. The summed E-state index contributed by atoms with van der Waals surface area (Å²) in [5.74, 6) is 0. The minimum absolute atomic E-state index is 0.750. The molecule has 0 unspecified atom stereocenters. The van der Waals surface area contributed by atoms with E-state index < -0.39 is 0 Å². The van der Waals surface area contributed by atoms with Gasteiger partial charge in [-0.25, -0.2) is 4.68 Å². The molecule has 0 radical (unpaired) electrons. The highest BCUT2D eigenvalue weighted by atomic mass is 16.5. The van der Waals surface area contributed by atoms with Crippen molar-refractivity contribution in [3.8, 4) is 5.69 Å². The first-order chi connectivity index (χ1) is 12.4. The predicted molar refractivity (Wildman–Crippen MR) is 98.1 cm³/mol. The molecule has 1 aliphatic heterocycles. The first-order valence-corrected chi connectivity index (χ1v) is 8.48. The Hall–Kier alpha value is -2.92. The first kappa shape index (κ1) is 15.6. The van der Waals surface area contributed by atoms with E-state index in [1.54, 1.807) is 6.20 Å². The summed E-state index contributed by atoms with van der Waals surface area (Å²) in [6.07, 6.45) is 3.96. The lowest BCUT2D eigenvalue weighted by Gasteiger charge is -2.31. The van der Waals surface area contributed by atoms with Crippen molar-refractivity contribution in [2.24, 2.45) is 0 Å². The number of nitrogens with zero attached hydrogens (tertiary/aromatic N) is 4. The van der Waals surface area contributed by atoms with Crippen LogP contribution in [0.15, 0.2) is 66.9 Å². The Balaban J connectivity index is 1.76. The molecule has 0 bridgehead atoms. The molecular weight excluding hydrogens is 312 g/mol. The highest BCUT2D eigenvalue weighted by molar-refractivity contribution is 5.79. The minimum atomic E-state index is 0.750. The summed E-state index contributed by atoms with van der Waals surface area (Å²) in [5.41, 5.74) is 4.31. The van der Waals surface area contributed by atoms with Crippen molar-refractivity contribution in [2.75, 3.05) is 26.3 Å². The Morgan fingerprint density at radius 2 is 1.60 bits per heavy atom. The molecule has 126 valence electrons. The summed E-state index contributed by atoms with van der Waals surface area (Å²) in [7, 11) is 0. The van der Waals surface area contributed by atoms with E-state index in [1.165, 1.54) is 11.3 Å². The number of ether oxygens (including phenoxy) is 1. The second kappa shape index (κ2) is 7.32. The average Bonchev–Trinajstić information content (AvgIpc) is 3.16. The van der Waals surface area contributed by atoms with Crippen LogP contribution in [0.1, 0.15) is 11.3 Å². The Kier molecular flexibility index (Phi) is 4.57. The van der Waals surface area contributed by atoms with Crippen LogP contribution >= 0.6 is 0 Å². The van der Waals surface area contributed by atoms with Gasteiger partial charge in [0, 0.05) is 18.8 Å². The largest absolute Gasteiger partial charge is 0.378 e. The van der Waals surface area contributed by atoms with E-state index in [0.29, 0.717) is 0 Å². The van der Waals surface area contributed by atoms with E-state index in [4.69, 9.17) is 4.74 Å². The molecule has 5 heteroatoms. The third kappa shape index (κ3) is 3.46. The van der Waals surface area contributed by atoms with Crippen LogP contribution in [-0.2, 0) is 4.74 Å². The third-order valence-corrected chi connectivity index (χ3v) is 4.28. The molecule has 0 aliphatic carbocycles. The molecule has 0 saturated carbocycles. The lowest BCUT2D eigenvalue weighted by molar-refractivity contribution is 0.0642. The molecule has 1 aliphatic rings. The molecular formula is C20H20N4O. The van der Waals surface area contributed by atoms with Gasteiger partial charge in [-0.15, -0.1) is 5.10 Å². The molecule has 0 amide bonds. The third-order valence-electron chi connectivity index (χ3n) is 4.28. The summed E-state index contributed by atoms with van der Waals surface area (Å²) in [6.45, 7) is 3.27. The van der Waals surface area contributed by atoms with Crippen LogP contribution in [0, 0.1) is 0 Å². The number of para-hydroxylation sites is 1. The topological polar surface area (TPSA) is 43.2 Å². The van der Waals surface area contributed by atoms with Gasteiger partial charge in [-0.1, -0.05) is 53.7 Å². The van der Waals surface area contributed by atoms with E-state index in [-0.39, 0.29) is 0 Å². The van der Waals surface area contributed by atoms with Gasteiger partial charge in [0.2, 0.25) is 0 Å². The van der Waals surface area contributed by atoms with Gasteiger partial charge < -0.3 is 9.64 Å². The molecule has 4 rings (SSSR count). The van der Waals surface area contributed by atoms with Gasteiger partial charge in [0.15, 0.2) is 0 Å². The molecule has 5 nitrogen and oxygen atoms in total. The van der Waals surface area contributed by atoms with Gasteiger partial charge in [0.05, 0.1) is 30.8 Å². The number of aromatic nitrogens is 3. The Labute approximate surface area is 147 Å². The number of benzene rings is 2. The Morgan fingerprint density at radius 1 is 0.920 bits per heavy atom. The molecule has 3 aromatic rings. The van der Waals surface area contributed by atoms with Crippen LogP contribution in [0.25, 0.3) is 17.5 Å². The van der Waals surface area contributed by atoms with Crippen molar-refractivity contribution >= 4 is 11.8 Å². The van der Waals surface area contributed by atoms with Crippen molar-refractivity contribution in [3.05, 3.63) is 78.1 Å². The smallest absolute Gasteiger partial charge is 0.0892 e. The summed E-state index contributed by atoms with van der Waals surface area (Å²) < 4.78 is 7.38. The van der Waals surface area contributed by atoms with Gasteiger partial charge >= 0.3 is 0 Å². The summed E-state index contributed by atoms with van der Waals surface area (Å²) in [6, 6.07) is 20.5. The Morgan fingerprint density at radius 3 is 2.32 bits per heavy atom. The van der Waals surface area contributed by atoms with E-state index >= 15 is 0 Å². The van der Waals surface area contributed by atoms with E-state index in [0.717, 1.165) is 37.7 Å². The minimum Gasteiger partial charge on any atom is -0.378 e. The number of hydrogen-bond donors (Lipinski definition) is 0. The highest BCUT2D eigenvalue weighted by Gasteiger charge is 2.16. The van der Waals surface area contributed by atoms with Crippen molar-refractivity contribution in [1.82, 2.24) is 19.9 Å². The van der Waals surface area contributed by atoms with E-state index in [2.05, 4.69) is 45.6 Å². The van der Waals surface area contributed by atoms with Crippen LogP contribution < -0.4 is 0 Å². The van der Waals surface area contributed by atoms with Crippen LogP contribution in [0.3, 0.4) is 0 Å². The zero-order valence-corrected chi connectivity index (χ0v) is 14.0. The Bertz CT molecular complexity index is 836. The normalized spacial score (nSPS) is 15.4. The fourth-order valence-electron chi connectivity index (χ4n) is 3.02. The van der Waals surface area contributed by atoms with Crippen LogP contribution in [-0.4, -0.2) is 46.2 Å². The van der Waals surface area contributed by atoms with Crippen molar-refractivity contribution in [1.29, 1.82) is 0 Å². The quantitative estimate of drug-likeness (QED) is 0.736. The average molecular weight is 332 g/mol. The number of hydrogen-bond acceptors (Lipinski definition) is 4. The molecule has 1 aromatic heterocycles. The maximum absolute atomic E-state index is 5.52. The van der Waals surface area contributed by atoms with Crippen molar-refractivity contribution in [3.63, 3.8) is 0 Å². The van der Waals surface area contributed by atoms with E-state index in [9.17, 15) is 0 Å². The van der Waals surface area contributed by atoms with Gasteiger partial charge in [-0.2, -0.15) is 0 Å². The molecule has 1 saturated heterocycles. The molecule has 0 atom stereocenters. The maximum atomic E-state index is 5.52. The van der Waals surface area contributed by atoms with Gasteiger partial charge in [-0.05, 0) is 23.8 Å². The summed E-state index contributed by atoms with van der Waals surface area (Å²) in [4.78, 5) is 2.36. The zero-order chi connectivity index (χ0) is 16.9. The van der Waals surface area contributed by atoms with Crippen LogP contribution in [0.5, 0.6) is 0 Å². The predicted octanol–water partition coefficient (Wildman–Crippen LogP) is 3.10. The standard InChI is InChI=1S/C20H20N4O/c1-3-7-17(8-4-1)20(23-11-13-25-14-12-23)15-19-16-21-22-24(19)18-9-5-2-6-10-18/h1-10,15-16H,11-14H2/b20-15+. The molecule has 1 fully saturated rings. The fraction of sp³-hybridized carbons (Fsp3) is 0.200. The molecule has 2 aromatic carbocycles. The van der Waals surface area contributed by atoms with Gasteiger partial charge in [0.25, 0.3) is 0 Å². The highest BCUT2D eigenvalue weighted by Crippen LogP contribution is 2.24. The second-order valence-electron chi connectivity index (χ2n) is 5.90. The summed E-state index contributed by atoms with van der Waals surface area (Å²) >= 11 is 0. The maximum Gasteiger partial charge on any atom is 0.0892 e. The summed E-state index contributed by atoms with van der Waals surface area (Å²) in [5, 5.41) is 8.37. The SMILES string of the molecule is C(=C(/c1ccccc1)N1CCOCC1)/c1cnnn1-c1ccccc1. The number of morpholine rings is 1. The number of rotatable bonds is 4. The van der Waals surface area contributed by atoms with Gasteiger partial charge in [-0.3, -0.25) is 0 Å². The second-order valence-corrected chi connectivity index (χ2v) is 5.90. The molecule has 25 heavy (non-hydrogen) atoms. The van der Waals surface area contributed by atoms with Crippen LogP contribution in [0.2, 0.25) is 0 Å². The first-order valence-electron chi connectivity index (χ1n) is 8.48. The van der Waals surface area contributed by atoms with Gasteiger partial charge in [0.1, 0.15) is 0 Å². The monoisotopic (exact) mass is 332 g/mol. The molecule has 0 N–H and O–H groups in total. The zero-order valence-electron chi connectivity index (χ0n) is 14.0. The molecule has 0 spiro atoms. The fourth-order valence-corrected chi connectivity index (χ4v) is 3.02. The van der Waals surface area contributed by atoms with Crippen LogP contribution in [0.4, 0.5) is 0 Å². The molecule has 2 heterocycles. The van der Waals surface area contributed by atoms with E-state index in [1.807, 2.05) is 41.1 Å². The lowest BCUT2D eigenvalue weighted by Crippen LogP contribution is -2.34. The van der Waals surface area contributed by atoms with Crippen molar-refractivity contribution in [2.45, 2.75) is 0 Å². The van der Waals surface area contributed by atoms with Crippen molar-refractivity contribution < 1.29 is 4.74 Å².